The standard InChI is InChI=1S/C31H37N3O2/c1-3-7-29(35)27-13-12-24(21-33-27)30-20-28-31(36-30)26(14-16-32-28)23-10-6-11-25(19-23)34(17-4-2)18-15-22-8-5-9-22/h6,10-14,16,19-22,28,32H,3-5,7-9,15,17-18H2,1-2H3. The van der Waals surface area contributed by atoms with Crippen molar-refractivity contribution in [3.05, 3.63) is 83.5 Å². The predicted octanol–water partition coefficient (Wildman–Crippen LogP) is 6.74. The van der Waals surface area contributed by atoms with Crippen LogP contribution in [0.4, 0.5) is 5.69 Å². The van der Waals surface area contributed by atoms with Gasteiger partial charge in [0, 0.05) is 42.5 Å². The molecule has 1 aromatic heterocycles. The Labute approximate surface area is 215 Å². The van der Waals surface area contributed by atoms with Crippen LogP contribution in [0.5, 0.6) is 0 Å². The molecule has 5 nitrogen and oxygen atoms in total. The molecule has 0 spiro atoms. The number of allylic oxidation sites excluding steroid dienone is 2. The molecule has 0 amide bonds. The van der Waals surface area contributed by atoms with E-state index in [0.717, 1.165) is 54.5 Å². The fourth-order valence-corrected chi connectivity index (χ4v) is 5.19. The summed E-state index contributed by atoms with van der Waals surface area (Å²) in [4.78, 5) is 19.1. The van der Waals surface area contributed by atoms with E-state index in [-0.39, 0.29) is 11.8 Å². The fourth-order valence-electron chi connectivity index (χ4n) is 5.19. The molecule has 5 heteroatoms. The summed E-state index contributed by atoms with van der Waals surface area (Å²) in [6, 6.07) is 12.6. The third kappa shape index (κ3) is 5.25. The van der Waals surface area contributed by atoms with E-state index in [1.165, 1.54) is 36.9 Å². The van der Waals surface area contributed by atoms with Crippen molar-refractivity contribution >= 4 is 22.8 Å². The molecule has 1 N–H and O–H groups in total. The van der Waals surface area contributed by atoms with Crippen LogP contribution in [0.25, 0.3) is 11.3 Å². The number of pyridine rings is 1. The summed E-state index contributed by atoms with van der Waals surface area (Å²) >= 11 is 0. The number of benzene rings is 1. The Morgan fingerprint density at radius 1 is 1.11 bits per heavy atom. The average molecular weight is 484 g/mol. The van der Waals surface area contributed by atoms with Gasteiger partial charge in [-0.2, -0.15) is 0 Å². The predicted molar refractivity (Wildman–Crippen MR) is 146 cm³/mol. The number of carbonyl (C=O) groups excluding carboxylic acids is 1. The second-order valence-electron chi connectivity index (χ2n) is 10.1. The molecule has 2 aromatic rings. The summed E-state index contributed by atoms with van der Waals surface area (Å²) in [5.74, 6) is 2.68. The van der Waals surface area contributed by atoms with Gasteiger partial charge in [-0.15, -0.1) is 0 Å². The summed E-state index contributed by atoms with van der Waals surface area (Å²) in [5, 5.41) is 3.41. The van der Waals surface area contributed by atoms with Crippen LogP contribution >= 0.6 is 0 Å². The molecule has 0 bridgehead atoms. The van der Waals surface area contributed by atoms with Crippen molar-refractivity contribution in [3.8, 4) is 0 Å². The lowest BCUT2D eigenvalue weighted by Crippen LogP contribution is -2.28. The zero-order valence-corrected chi connectivity index (χ0v) is 21.5. The third-order valence-corrected chi connectivity index (χ3v) is 7.47. The quantitative estimate of drug-likeness (QED) is 0.359. The van der Waals surface area contributed by atoms with Crippen LogP contribution in [0.15, 0.2) is 66.7 Å². The Morgan fingerprint density at radius 3 is 2.72 bits per heavy atom. The van der Waals surface area contributed by atoms with Crippen molar-refractivity contribution in [3.63, 3.8) is 0 Å². The molecule has 1 saturated carbocycles. The zero-order valence-electron chi connectivity index (χ0n) is 21.5. The highest BCUT2D eigenvalue weighted by Gasteiger charge is 2.29. The second kappa shape index (κ2) is 11.2. The van der Waals surface area contributed by atoms with Gasteiger partial charge in [-0.25, -0.2) is 0 Å². The maximum absolute atomic E-state index is 12.2. The molecule has 1 unspecified atom stereocenters. The van der Waals surface area contributed by atoms with Gasteiger partial charge in [0.05, 0.1) is 0 Å². The molecule has 3 aliphatic rings. The van der Waals surface area contributed by atoms with Gasteiger partial charge in [0.2, 0.25) is 0 Å². The normalized spacial score (nSPS) is 18.7. The number of anilines is 1. The second-order valence-corrected chi connectivity index (χ2v) is 10.1. The highest BCUT2D eigenvalue weighted by Crippen LogP contribution is 2.37. The van der Waals surface area contributed by atoms with E-state index in [9.17, 15) is 4.79 Å². The van der Waals surface area contributed by atoms with Crippen LogP contribution < -0.4 is 10.2 Å². The summed E-state index contributed by atoms with van der Waals surface area (Å²) < 4.78 is 6.40. The van der Waals surface area contributed by atoms with E-state index in [0.29, 0.717) is 12.1 Å². The number of nitrogens with zero attached hydrogens (tertiary/aromatic N) is 2. The van der Waals surface area contributed by atoms with Crippen molar-refractivity contribution in [1.82, 2.24) is 10.3 Å². The number of hydrogen-bond donors (Lipinski definition) is 1. The number of dihydropyridines is 1. The number of ether oxygens (including phenoxy) is 1. The highest BCUT2D eigenvalue weighted by molar-refractivity contribution is 5.94. The monoisotopic (exact) mass is 483 g/mol. The maximum Gasteiger partial charge on any atom is 0.181 e. The summed E-state index contributed by atoms with van der Waals surface area (Å²) in [7, 11) is 0. The number of rotatable bonds is 11. The van der Waals surface area contributed by atoms with E-state index < -0.39 is 0 Å². The number of fused-ring (bicyclic) bond motifs is 1. The maximum atomic E-state index is 12.2. The van der Waals surface area contributed by atoms with Gasteiger partial charge in [0.15, 0.2) is 5.78 Å². The lowest BCUT2D eigenvalue weighted by molar-refractivity contribution is 0.0977. The Bertz CT molecular complexity index is 1170. The minimum absolute atomic E-state index is 0.0181. The first-order chi connectivity index (χ1) is 17.7. The van der Waals surface area contributed by atoms with Crippen LogP contribution in [0.1, 0.15) is 80.4 Å². The summed E-state index contributed by atoms with van der Waals surface area (Å²) in [6.07, 6.45) is 15.9. The Morgan fingerprint density at radius 2 is 2.00 bits per heavy atom. The number of aromatic nitrogens is 1. The third-order valence-electron chi connectivity index (χ3n) is 7.47. The van der Waals surface area contributed by atoms with Gasteiger partial charge in [-0.05, 0) is 73.4 Å². The van der Waals surface area contributed by atoms with E-state index in [1.54, 1.807) is 12.3 Å². The Hall–Kier alpha value is -3.34. The molecule has 1 fully saturated rings. The van der Waals surface area contributed by atoms with Gasteiger partial charge < -0.3 is 15.0 Å². The number of carbonyl (C=O) groups is 1. The van der Waals surface area contributed by atoms with Crippen LogP contribution in [-0.2, 0) is 4.74 Å². The Balaban J connectivity index is 1.35. The molecule has 2 aliphatic heterocycles. The molecule has 188 valence electrons. The van der Waals surface area contributed by atoms with Crippen LogP contribution in [-0.4, -0.2) is 29.9 Å². The summed E-state index contributed by atoms with van der Waals surface area (Å²) in [5.41, 5.74) is 4.95. The Kier molecular flexibility index (Phi) is 7.55. The molecule has 0 saturated heterocycles. The molecule has 36 heavy (non-hydrogen) atoms. The number of ketones is 1. The molecular weight excluding hydrogens is 446 g/mol. The zero-order chi connectivity index (χ0) is 24.9. The van der Waals surface area contributed by atoms with Crippen molar-refractivity contribution in [1.29, 1.82) is 0 Å². The summed E-state index contributed by atoms with van der Waals surface area (Å²) in [6.45, 7) is 6.46. The van der Waals surface area contributed by atoms with Gasteiger partial charge in [0.25, 0.3) is 0 Å². The van der Waals surface area contributed by atoms with Crippen molar-refractivity contribution in [2.24, 2.45) is 5.92 Å². The minimum atomic E-state index is -0.0181. The SMILES string of the molecule is CCCC(=O)c1ccc(C2=CC3NC=CC(c4cccc(N(CCC)CCC5CCC5)c4)=C3O2)cn1. The number of nitrogens with one attached hydrogen (secondary N) is 1. The van der Waals surface area contributed by atoms with Crippen LogP contribution in [0, 0.1) is 5.92 Å². The molecular formula is C31H37N3O2. The van der Waals surface area contributed by atoms with Crippen molar-refractivity contribution < 1.29 is 9.53 Å². The molecule has 3 heterocycles. The smallest absolute Gasteiger partial charge is 0.181 e. The van der Waals surface area contributed by atoms with Crippen molar-refractivity contribution in [2.45, 2.75) is 64.8 Å². The molecule has 5 rings (SSSR count). The van der Waals surface area contributed by atoms with E-state index in [1.807, 2.05) is 19.2 Å². The molecule has 1 aromatic carbocycles. The van der Waals surface area contributed by atoms with Crippen LogP contribution in [0.3, 0.4) is 0 Å². The molecule has 0 radical (unpaired) electrons. The lowest BCUT2D eigenvalue weighted by atomic mass is 9.83. The van der Waals surface area contributed by atoms with Crippen LogP contribution in [0.2, 0.25) is 0 Å². The van der Waals surface area contributed by atoms with Gasteiger partial charge >= 0.3 is 0 Å². The first kappa shape index (κ1) is 24.4. The largest absolute Gasteiger partial charge is 0.458 e. The fraction of sp³-hybridized carbons (Fsp3) is 0.419. The highest BCUT2D eigenvalue weighted by atomic mass is 16.5. The number of hydrogen-bond acceptors (Lipinski definition) is 5. The first-order valence-corrected chi connectivity index (χ1v) is 13.6. The number of Topliss-reactive ketones (excluding diaryl/α,β-unsaturated/α-hetero) is 1. The molecule has 1 aliphatic carbocycles. The van der Waals surface area contributed by atoms with Crippen molar-refractivity contribution in [2.75, 3.05) is 18.0 Å². The van der Waals surface area contributed by atoms with E-state index >= 15 is 0 Å². The van der Waals surface area contributed by atoms with Gasteiger partial charge in [0.1, 0.15) is 23.3 Å². The average Bonchev–Trinajstić information content (AvgIpc) is 3.32. The van der Waals surface area contributed by atoms with E-state index in [4.69, 9.17) is 4.74 Å². The first-order valence-electron chi connectivity index (χ1n) is 13.6. The van der Waals surface area contributed by atoms with E-state index in [2.05, 4.69) is 58.5 Å². The molecule has 1 atom stereocenters. The lowest BCUT2D eigenvalue weighted by Gasteiger charge is -2.31. The topological polar surface area (TPSA) is 54.5 Å². The minimum Gasteiger partial charge on any atom is -0.458 e. The van der Waals surface area contributed by atoms with Gasteiger partial charge in [-0.3, -0.25) is 9.78 Å². The van der Waals surface area contributed by atoms with Gasteiger partial charge in [-0.1, -0.05) is 45.2 Å².